The third-order valence-electron chi connectivity index (χ3n) is 2.70. The summed E-state index contributed by atoms with van der Waals surface area (Å²) in [4.78, 5) is 0. The van der Waals surface area contributed by atoms with Gasteiger partial charge in [-0.25, -0.2) is 0 Å². The molecule has 18 heavy (non-hydrogen) atoms. The molecule has 1 nitrogen and oxygen atoms in total. The maximum Gasteiger partial charge on any atom is 0.458 e. The van der Waals surface area contributed by atoms with Gasteiger partial charge >= 0.3 is 12.1 Å². The molecule has 2 aromatic rings. The maximum atomic E-state index is 13.3. The number of halogens is 6. The smallest absolute Gasteiger partial charge is 0.351 e. The van der Waals surface area contributed by atoms with E-state index in [1.807, 2.05) is 0 Å². The van der Waals surface area contributed by atoms with Gasteiger partial charge in [0.1, 0.15) is 0 Å². The zero-order chi connectivity index (χ0) is 13.7. The molecule has 0 aliphatic rings. The lowest BCUT2D eigenvalue weighted by Crippen LogP contribution is -2.34. The van der Waals surface area contributed by atoms with Crippen LogP contribution in [0, 0.1) is 3.57 Å². The van der Waals surface area contributed by atoms with Crippen molar-refractivity contribution >= 4 is 33.5 Å². The third kappa shape index (κ3) is 1.88. The quantitative estimate of drug-likeness (QED) is 0.513. The monoisotopic (exact) mass is 375 g/mol. The average molecular weight is 375 g/mol. The number of hydrogen-bond acceptors (Lipinski definition) is 0. The summed E-state index contributed by atoms with van der Waals surface area (Å²) in [6, 6.07) is 3.62. The zero-order valence-corrected chi connectivity index (χ0v) is 11.2. The fourth-order valence-corrected chi connectivity index (χ4v) is 2.69. The molecule has 1 aromatic heterocycles. The number of benzene rings is 1. The number of alkyl halides is 5. The summed E-state index contributed by atoms with van der Waals surface area (Å²) in [5.74, 6) is -4.84. The molecule has 0 N–H and O–H groups in total. The van der Waals surface area contributed by atoms with Crippen LogP contribution < -0.4 is 0 Å². The van der Waals surface area contributed by atoms with Crippen molar-refractivity contribution in [3.05, 3.63) is 33.5 Å². The minimum absolute atomic E-state index is 0.0759. The number of aryl methyl sites for hydroxylation is 1. The van der Waals surface area contributed by atoms with Gasteiger partial charge in [0, 0.05) is 33.3 Å². The molecule has 0 saturated carbocycles. The van der Waals surface area contributed by atoms with Crippen LogP contribution in [0.15, 0.2) is 24.4 Å². The van der Waals surface area contributed by atoms with Crippen molar-refractivity contribution in [1.29, 1.82) is 0 Å². The molecule has 0 unspecified atom stereocenters. The fraction of sp³-hybridized carbons (Fsp3) is 0.273. The lowest BCUT2D eigenvalue weighted by molar-refractivity contribution is -0.289. The number of fused-ring (bicyclic) bond motifs is 1. The van der Waals surface area contributed by atoms with Crippen LogP contribution in [-0.2, 0) is 13.0 Å². The number of aromatic nitrogens is 1. The van der Waals surface area contributed by atoms with E-state index in [1.54, 1.807) is 17.8 Å². The summed E-state index contributed by atoms with van der Waals surface area (Å²) in [5.41, 5.74) is -0.393. The molecule has 0 aliphatic carbocycles. The Labute approximate surface area is 113 Å². The Hall–Kier alpha value is -0.860. The summed E-state index contributed by atoms with van der Waals surface area (Å²) < 4.78 is 65.3. The van der Waals surface area contributed by atoms with Crippen LogP contribution in [0.4, 0.5) is 22.0 Å². The second kappa shape index (κ2) is 4.07. The Morgan fingerprint density at radius 1 is 1.06 bits per heavy atom. The Balaban J connectivity index is 2.70. The van der Waals surface area contributed by atoms with Crippen LogP contribution in [0.3, 0.4) is 0 Å². The van der Waals surface area contributed by atoms with E-state index in [-0.39, 0.29) is 3.57 Å². The Bertz CT molecular complexity index is 599. The average Bonchev–Trinajstić information content (AvgIpc) is 2.60. The van der Waals surface area contributed by atoms with E-state index in [0.29, 0.717) is 10.9 Å². The van der Waals surface area contributed by atoms with E-state index in [0.717, 1.165) is 6.07 Å². The van der Waals surface area contributed by atoms with Gasteiger partial charge in [-0.2, -0.15) is 22.0 Å². The molecular weight excluding hydrogens is 368 g/mol. The predicted octanol–water partition coefficient (Wildman–Crippen LogP) is 4.44. The standard InChI is InChI=1S/C11H7F5IN/c1-18-5-4-6-8(18)3-2-7(9(6)17)10(12,13)11(14,15)16/h2-5H,1H3. The summed E-state index contributed by atoms with van der Waals surface area (Å²) >= 11 is 1.52. The van der Waals surface area contributed by atoms with E-state index in [2.05, 4.69) is 0 Å². The van der Waals surface area contributed by atoms with E-state index in [9.17, 15) is 22.0 Å². The van der Waals surface area contributed by atoms with Crippen molar-refractivity contribution in [2.75, 3.05) is 0 Å². The molecule has 2 rings (SSSR count). The van der Waals surface area contributed by atoms with E-state index in [1.165, 1.54) is 34.7 Å². The zero-order valence-electron chi connectivity index (χ0n) is 9.02. The topological polar surface area (TPSA) is 4.93 Å². The van der Waals surface area contributed by atoms with Crippen LogP contribution in [0.1, 0.15) is 5.56 Å². The molecule has 0 spiro atoms. The molecule has 0 amide bonds. The molecule has 0 saturated heterocycles. The van der Waals surface area contributed by atoms with Crippen LogP contribution in [0.2, 0.25) is 0 Å². The molecule has 0 radical (unpaired) electrons. The van der Waals surface area contributed by atoms with E-state index >= 15 is 0 Å². The van der Waals surface area contributed by atoms with Gasteiger partial charge in [-0.1, -0.05) is 0 Å². The maximum absolute atomic E-state index is 13.3. The summed E-state index contributed by atoms with van der Waals surface area (Å²) in [6.45, 7) is 0. The van der Waals surface area contributed by atoms with Crippen LogP contribution in [0.25, 0.3) is 10.9 Å². The normalized spacial score (nSPS) is 13.3. The molecule has 98 valence electrons. The first-order valence-corrected chi connectivity index (χ1v) is 5.92. The number of rotatable bonds is 1. The van der Waals surface area contributed by atoms with Crippen molar-refractivity contribution < 1.29 is 22.0 Å². The molecule has 1 aromatic carbocycles. The van der Waals surface area contributed by atoms with Crippen molar-refractivity contribution in [3.63, 3.8) is 0 Å². The first-order valence-electron chi connectivity index (χ1n) is 4.85. The Morgan fingerprint density at radius 2 is 1.67 bits per heavy atom. The van der Waals surface area contributed by atoms with Gasteiger partial charge in [0.05, 0.1) is 0 Å². The van der Waals surface area contributed by atoms with E-state index < -0.39 is 17.7 Å². The lowest BCUT2D eigenvalue weighted by Gasteiger charge is -2.21. The summed E-state index contributed by atoms with van der Waals surface area (Å²) in [5, 5.41) is 0.388. The van der Waals surface area contributed by atoms with E-state index in [4.69, 9.17) is 0 Å². The van der Waals surface area contributed by atoms with Gasteiger partial charge in [0.15, 0.2) is 0 Å². The van der Waals surface area contributed by atoms with Crippen molar-refractivity contribution in [2.24, 2.45) is 7.05 Å². The van der Waals surface area contributed by atoms with Gasteiger partial charge in [0.2, 0.25) is 0 Å². The highest BCUT2D eigenvalue weighted by Gasteiger charge is 2.59. The van der Waals surface area contributed by atoms with Gasteiger partial charge in [-0.3, -0.25) is 0 Å². The molecule has 7 heteroatoms. The second-order valence-corrected chi connectivity index (χ2v) is 4.94. The van der Waals surface area contributed by atoms with Gasteiger partial charge in [0.25, 0.3) is 0 Å². The predicted molar refractivity (Wildman–Crippen MR) is 65.6 cm³/mol. The third-order valence-corrected chi connectivity index (χ3v) is 3.86. The van der Waals surface area contributed by atoms with Gasteiger partial charge in [-0.05, 0) is 40.8 Å². The molecule has 1 heterocycles. The van der Waals surface area contributed by atoms with Crippen molar-refractivity contribution in [1.82, 2.24) is 4.57 Å². The van der Waals surface area contributed by atoms with Crippen LogP contribution >= 0.6 is 22.6 Å². The SMILES string of the molecule is Cn1ccc2c(I)c(C(F)(F)C(F)(F)F)ccc21. The van der Waals surface area contributed by atoms with Gasteiger partial charge in [-0.15, -0.1) is 0 Å². The minimum Gasteiger partial charge on any atom is -0.351 e. The molecule has 0 fully saturated rings. The highest BCUT2D eigenvalue weighted by molar-refractivity contribution is 14.1. The number of hydrogen-bond donors (Lipinski definition) is 0. The number of nitrogens with zero attached hydrogens (tertiary/aromatic N) is 1. The molecule has 0 bridgehead atoms. The molecule has 0 aliphatic heterocycles. The largest absolute Gasteiger partial charge is 0.458 e. The second-order valence-electron chi connectivity index (χ2n) is 3.86. The first kappa shape index (κ1) is 13.6. The van der Waals surface area contributed by atoms with Crippen molar-refractivity contribution in [2.45, 2.75) is 12.1 Å². The molecule has 0 atom stereocenters. The highest BCUT2D eigenvalue weighted by atomic mass is 127. The minimum atomic E-state index is -5.59. The first-order chi connectivity index (χ1) is 8.16. The van der Waals surface area contributed by atoms with Crippen molar-refractivity contribution in [3.8, 4) is 0 Å². The van der Waals surface area contributed by atoms with Crippen LogP contribution in [-0.4, -0.2) is 10.7 Å². The Morgan fingerprint density at radius 3 is 2.22 bits per heavy atom. The lowest BCUT2D eigenvalue weighted by atomic mass is 10.1. The van der Waals surface area contributed by atoms with Crippen LogP contribution in [0.5, 0.6) is 0 Å². The molecular formula is C11H7F5IN. The summed E-state index contributed by atoms with van der Waals surface area (Å²) in [7, 11) is 1.69. The fourth-order valence-electron chi connectivity index (χ4n) is 1.71. The highest BCUT2D eigenvalue weighted by Crippen LogP contribution is 2.46. The summed E-state index contributed by atoms with van der Waals surface area (Å²) in [6.07, 6.45) is -3.97. The Kier molecular flexibility index (Phi) is 3.07. The van der Waals surface area contributed by atoms with Gasteiger partial charge < -0.3 is 4.57 Å².